The van der Waals surface area contributed by atoms with Crippen molar-refractivity contribution in [1.82, 2.24) is 42.5 Å². The van der Waals surface area contributed by atoms with Crippen molar-refractivity contribution in [2.45, 2.75) is 167 Å². The van der Waals surface area contributed by atoms with Gasteiger partial charge in [-0.25, -0.2) is 0 Å². The molecule has 0 amide bonds. The van der Waals surface area contributed by atoms with Crippen LogP contribution in [-0.2, 0) is 0 Å². The van der Waals surface area contributed by atoms with E-state index < -0.39 is 0 Å². The lowest BCUT2D eigenvalue weighted by Crippen LogP contribution is -2.62. The fraction of sp³-hybridized carbons (Fsp3) is 0.571. The van der Waals surface area contributed by atoms with Crippen molar-refractivity contribution in [3.63, 3.8) is 0 Å². The van der Waals surface area contributed by atoms with E-state index in [0.29, 0.717) is 68.3 Å². The molecule has 5 saturated heterocycles. The molecule has 4 saturated carbocycles. The molecule has 13 rings (SSSR count). The van der Waals surface area contributed by atoms with Crippen LogP contribution in [0, 0.1) is 47.3 Å². The first-order valence-electron chi connectivity index (χ1n) is 26.6. The standard InChI is InChI=1S/C56H72N8S4.Al.ClH.3H/c1-5-17-33(18-6-1)65-41-29-13-25-37-45(41)53-57-49(37)62-54-47-39(27-15-31-43(47)67-35-21-9-3-10-22-35)51(59-54)64-56-48-40(28-16-32-44(48)68-36-23-11-4-12-24-36)52(60-56)63-55-46-38(50(58-55)61-53)26-14-30-42(46)66-34-19-7-2-8-20-34;;;;;/h1-12,17-24,37-64H,13-16,25-32H2;;1H;;;. The van der Waals surface area contributed by atoms with Gasteiger partial charge in [-0.3, -0.25) is 42.5 Å². The Morgan fingerprint density at radius 3 is 0.671 bits per heavy atom. The van der Waals surface area contributed by atoms with Crippen LogP contribution in [0.4, 0.5) is 0 Å². The Hall–Kier alpha value is -1.22. The maximum absolute atomic E-state index is 4.51. The van der Waals surface area contributed by atoms with Crippen LogP contribution < -0.4 is 42.5 Å². The van der Waals surface area contributed by atoms with Gasteiger partial charge in [-0.1, -0.05) is 98.5 Å². The highest BCUT2D eigenvalue weighted by Gasteiger charge is 2.58. The van der Waals surface area contributed by atoms with Crippen molar-refractivity contribution in [3.8, 4) is 0 Å². The summed E-state index contributed by atoms with van der Waals surface area (Å²) < 4.78 is 0. The van der Waals surface area contributed by atoms with Gasteiger partial charge in [0.05, 0.1) is 49.3 Å². The molecule has 12 atom stereocenters. The van der Waals surface area contributed by atoms with Crippen molar-refractivity contribution in [1.29, 1.82) is 0 Å². The number of hydrogen-bond donors (Lipinski definition) is 8. The molecule has 9 aliphatic rings. The van der Waals surface area contributed by atoms with Gasteiger partial charge in [0, 0.05) is 64.3 Å². The second kappa shape index (κ2) is 22.9. The highest BCUT2D eigenvalue weighted by molar-refractivity contribution is 8.00. The Kier molecular flexibility index (Phi) is 16.7. The van der Waals surface area contributed by atoms with Crippen LogP contribution in [0.2, 0.25) is 0 Å². The summed E-state index contributed by atoms with van der Waals surface area (Å²) in [7, 11) is 0. The van der Waals surface area contributed by atoms with E-state index in [2.05, 4.69) is 211 Å². The lowest BCUT2D eigenvalue weighted by Gasteiger charge is -2.41. The lowest BCUT2D eigenvalue weighted by atomic mass is 9.76. The normalized spacial score (nSPS) is 41.7. The van der Waals surface area contributed by atoms with Gasteiger partial charge in [-0.15, -0.1) is 59.5 Å². The molecule has 0 aromatic heterocycles. The summed E-state index contributed by atoms with van der Waals surface area (Å²) >= 11 is 8.60. The van der Waals surface area contributed by atoms with Crippen molar-refractivity contribution in [2.24, 2.45) is 47.3 Å². The lowest BCUT2D eigenvalue weighted by molar-refractivity contribution is 0.175. The molecule has 70 heavy (non-hydrogen) atoms. The summed E-state index contributed by atoms with van der Waals surface area (Å²) in [6.45, 7) is 0. The van der Waals surface area contributed by atoms with E-state index >= 15 is 0 Å². The van der Waals surface area contributed by atoms with E-state index in [1.165, 1.54) is 96.6 Å². The summed E-state index contributed by atoms with van der Waals surface area (Å²) in [6, 6.07) is 45.2. The first-order valence-corrected chi connectivity index (χ1v) is 30.1. The summed E-state index contributed by atoms with van der Waals surface area (Å²) in [6.07, 6.45) is 17.1. The number of thioether (sulfide) groups is 4. The van der Waals surface area contributed by atoms with Crippen LogP contribution in [0.25, 0.3) is 0 Å². The van der Waals surface area contributed by atoms with Gasteiger partial charge >= 0.3 is 0 Å². The monoisotopic (exact) mass is 1050 g/mol. The van der Waals surface area contributed by atoms with Gasteiger partial charge in [0.25, 0.3) is 0 Å². The molecular weight excluding hydrogens is 975 g/mol. The van der Waals surface area contributed by atoms with E-state index in [1.807, 2.05) is 0 Å². The molecule has 4 aromatic rings. The number of halogens is 1. The molecule has 4 aromatic carbocycles. The minimum Gasteiger partial charge on any atom is -0.286 e. The number of hydrogen-bond acceptors (Lipinski definition) is 12. The highest BCUT2D eigenvalue weighted by atomic mass is 35.5. The van der Waals surface area contributed by atoms with E-state index in [-0.39, 0.29) is 79.1 Å². The number of nitrogens with one attached hydrogen (secondary N) is 8. The first kappa shape index (κ1) is 50.9. The molecule has 0 radical (unpaired) electrons. The molecule has 8 bridgehead atoms. The third-order valence-electron chi connectivity index (χ3n) is 18.0. The number of benzene rings is 4. The van der Waals surface area contributed by atoms with Gasteiger partial charge in [-0.05, 0) is 124 Å². The molecule has 8 N–H and O–H groups in total. The maximum atomic E-state index is 4.51. The Balaban J connectivity index is 0.00000267. The zero-order valence-electron chi connectivity index (χ0n) is 39.6. The summed E-state index contributed by atoms with van der Waals surface area (Å²) in [5.74, 6) is 4.24. The number of fused-ring (bicyclic) bond motifs is 20. The first-order chi connectivity index (χ1) is 33.7. The molecule has 14 heteroatoms. The molecule has 5 aliphatic heterocycles. The number of rotatable bonds is 8. The predicted octanol–water partition coefficient (Wildman–Crippen LogP) is 8.93. The van der Waals surface area contributed by atoms with Gasteiger partial charge in [0.1, 0.15) is 0 Å². The van der Waals surface area contributed by atoms with Gasteiger partial charge < -0.3 is 0 Å². The zero-order valence-corrected chi connectivity index (χ0v) is 43.7. The molecule has 5 heterocycles. The molecule has 9 fully saturated rings. The van der Waals surface area contributed by atoms with Gasteiger partial charge in [0.15, 0.2) is 17.4 Å². The minimum atomic E-state index is 0. The smallest absolute Gasteiger partial charge is 0.187 e. The third kappa shape index (κ3) is 10.4. The second-order valence-electron chi connectivity index (χ2n) is 21.7. The van der Waals surface area contributed by atoms with Crippen molar-refractivity contribution in [2.75, 3.05) is 0 Å². The predicted molar refractivity (Wildman–Crippen MR) is 300 cm³/mol. The van der Waals surface area contributed by atoms with Crippen LogP contribution in [-0.4, -0.2) is 87.7 Å². The van der Waals surface area contributed by atoms with Gasteiger partial charge in [0.2, 0.25) is 0 Å². The van der Waals surface area contributed by atoms with Crippen molar-refractivity contribution >= 4 is 76.8 Å². The van der Waals surface area contributed by atoms with Crippen molar-refractivity contribution in [3.05, 3.63) is 121 Å². The Morgan fingerprint density at radius 2 is 0.471 bits per heavy atom. The van der Waals surface area contributed by atoms with Crippen LogP contribution in [0.3, 0.4) is 0 Å². The summed E-state index contributed by atoms with van der Waals surface area (Å²) in [5, 5.41) is 37.9. The average Bonchev–Trinajstić information content (AvgIpc) is 4.12. The topological polar surface area (TPSA) is 96.2 Å². The summed E-state index contributed by atoms with van der Waals surface area (Å²) in [5.41, 5.74) is 0. The zero-order chi connectivity index (χ0) is 45.0. The van der Waals surface area contributed by atoms with E-state index in [0.717, 1.165) is 0 Å². The highest BCUT2D eigenvalue weighted by Crippen LogP contribution is 2.52. The second-order valence-corrected chi connectivity index (χ2v) is 27.0. The van der Waals surface area contributed by atoms with Gasteiger partial charge in [-0.2, -0.15) is 0 Å². The SMILES string of the molecule is Cl.[AlH3].c1ccc(SC2CCCC3C4NC(NC5NC(NC6NC(NC7NC(N4)C4C(Sc8ccccc8)CCCC74)C4C(Sc7ccccc7)CCCC64)C4C(Sc6ccccc6)CCCC54)C23)cc1. The van der Waals surface area contributed by atoms with Crippen molar-refractivity contribution < 1.29 is 0 Å². The fourth-order valence-electron chi connectivity index (χ4n) is 15.3. The molecule has 12 unspecified atom stereocenters. The van der Waals surface area contributed by atoms with E-state index in [1.54, 1.807) is 0 Å². The van der Waals surface area contributed by atoms with Crippen LogP contribution in [0.15, 0.2) is 141 Å². The van der Waals surface area contributed by atoms with E-state index in [4.69, 9.17) is 0 Å². The molecule has 8 nitrogen and oxygen atoms in total. The Morgan fingerprint density at radius 1 is 0.271 bits per heavy atom. The molecule has 0 spiro atoms. The molecular formula is C56H76AlClN8S4. The quantitative estimate of drug-likeness (QED) is 0.0811. The maximum Gasteiger partial charge on any atom is 0.187 e. The van der Waals surface area contributed by atoms with Crippen LogP contribution in [0.1, 0.15) is 77.0 Å². The largest absolute Gasteiger partial charge is 0.286 e. The van der Waals surface area contributed by atoms with Crippen LogP contribution in [0.5, 0.6) is 0 Å². The molecule has 4 aliphatic carbocycles. The third-order valence-corrected chi connectivity index (χ3v) is 23.6. The molecule has 374 valence electrons. The Bertz CT molecular complexity index is 1960. The Labute approximate surface area is 451 Å². The minimum absolute atomic E-state index is 0. The average molecular weight is 1050 g/mol. The summed E-state index contributed by atoms with van der Waals surface area (Å²) in [4.78, 5) is 5.64. The van der Waals surface area contributed by atoms with Crippen LogP contribution >= 0.6 is 59.5 Å². The fourth-order valence-corrected chi connectivity index (χ4v) is 21.2. The van der Waals surface area contributed by atoms with E-state index in [9.17, 15) is 0 Å².